The fourth-order valence-corrected chi connectivity index (χ4v) is 3.71. The van der Waals surface area contributed by atoms with Gasteiger partial charge in [0, 0.05) is 10.4 Å². The molecular formula is C20H24N2O5S. The molecule has 1 aromatic heterocycles. The van der Waals surface area contributed by atoms with Crippen LogP contribution in [0.3, 0.4) is 0 Å². The minimum absolute atomic E-state index is 0.268. The number of carbonyl (C=O) groups is 2. The first-order chi connectivity index (χ1) is 13.5. The normalized spacial score (nSPS) is 10.7. The number of nitrogens with one attached hydrogen (secondary N) is 1. The van der Waals surface area contributed by atoms with Crippen molar-refractivity contribution in [3.63, 3.8) is 0 Å². The van der Waals surface area contributed by atoms with Crippen molar-refractivity contribution >= 4 is 34.4 Å². The number of para-hydroxylation sites is 1. The van der Waals surface area contributed by atoms with Crippen LogP contribution in [0.2, 0.25) is 0 Å². The van der Waals surface area contributed by atoms with Gasteiger partial charge >= 0.3 is 5.97 Å². The van der Waals surface area contributed by atoms with Crippen LogP contribution in [0.25, 0.3) is 0 Å². The molecule has 0 bridgehead atoms. The van der Waals surface area contributed by atoms with Crippen molar-refractivity contribution in [1.29, 1.82) is 0 Å². The molecule has 0 aliphatic heterocycles. The van der Waals surface area contributed by atoms with Gasteiger partial charge in [0.05, 0.1) is 25.5 Å². The molecule has 0 saturated heterocycles. The summed E-state index contributed by atoms with van der Waals surface area (Å²) in [6.07, 6.45) is 2.24. The van der Waals surface area contributed by atoms with Crippen LogP contribution in [0.5, 0.6) is 5.75 Å². The summed E-state index contributed by atoms with van der Waals surface area (Å²) in [6, 6.07) is 7.31. The van der Waals surface area contributed by atoms with Gasteiger partial charge in [-0.25, -0.2) is 4.79 Å². The Bertz CT molecular complexity index is 860. The smallest absolute Gasteiger partial charge is 0.341 e. The summed E-state index contributed by atoms with van der Waals surface area (Å²) in [5.74, 6) is -0.201. The number of ether oxygens (including phenoxy) is 2. The largest absolute Gasteiger partial charge is 0.496 e. The van der Waals surface area contributed by atoms with E-state index in [1.165, 1.54) is 17.6 Å². The highest BCUT2D eigenvalue weighted by Gasteiger charge is 2.23. The summed E-state index contributed by atoms with van der Waals surface area (Å²) >= 11 is 1.37. The van der Waals surface area contributed by atoms with Crippen molar-refractivity contribution in [3.05, 3.63) is 45.8 Å². The molecule has 150 valence electrons. The van der Waals surface area contributed by atoms with E-state index in [4.69, 9.17) is 14.3 Å². The molecule has 1 N–H and O–H groups in total. The third-order valence-electron chi connectivity index (χ3n) is 3.90. The first-order valence-corrected chi connectivity index (χ1v) is 9.70. The maximum absolute atomic E-state index is 12.2. The van der Waals surface area contributed by atoms with E-state index in [0.29, 0.717) is 16.3 Å². The van der Waals surface area contributed by atoms with Crippen molar-refractivity contribution < 1.29 is 23.9 Å². The number of amides is 1. The molecule has 0 unspecified atom stereocenters. The number of thiophene rings is 1. The van der Waals surface area contributed by atoms with E-state index in [1.807, 2.05) is 32.0 Å². The minimum Gasteiger partial charge on any atom is -0.496 e. The summed E-state index contributed by atoms with van der Waals surface area (Å²) in [6.45, 7) is 5.57. The standard InChI is InChI=1S/C20H24N2O5S/c1-5-16-13(3)18(20(24)26-6-2)19(28-16)22-17(23)12-27-21-11-14-9-7-8-10-15(14)25-4/h7-11H,5-6,12H2,1-4H3,(H,22,23)/b21-11-. The van der Waals surface area contributed by atoms with Crippen LogP contribution in [0.4, 0.5) is 5.00 Å². The predicted molar refractivity (Wildman–Crippen MR) is 110 cm³/mol. The third kappa shape index (κ3) is 5.32. The van der Waals surface area contributed by atoms with E-state index in [2.05, 4.69) is 10.5 Å². The maximum atomic E-state index is 12.2. The Kier molecular flexibility index (Phi) is 8.01. The Morgan fingerprint density at radius 1 is 1.25 bits per heavy atom. The fraction of sp³-hybridized carbons (Fsp3) is 0.350. The van der Waals surface area contributed by atoms with Gasteiger partial charge in [-0.1, -0.05) is 24.2 Å². The average Bonchev–Trinajstić information content (AvgIpc) is 3.00. The SMILES string of the molecule is CCOC(=O)c1c(NC(=O)CO/N=C\c2ccccc2OC)sc(CC)c1C. The molecule has 0 radical (unpaired) electrons. The van der Waals surface area contributed by atoms with Gasteiger partial charge in [-0.2, -0.15) is 0 Å². The van der Waals surface area contributed by atoms with Crippen LogP contribution in [-0.4, -0.2) is 38.4 Å². The number of hydrogen-bond donors (Lipinski definition) is 1. The second-order valence-electron chi connectivity index (χ2n) is 5.73. The van der Waals surface area contributed by atoms with E-state index in [1.54, 1.807) is 20.1 Å². The van der Waals surface area contributed by atoms with Gasteiger partial charge in [-0.05, 0) is 38.0 Å². The molecular weight excluding hydrogens is 380 g/mol. The summed E-state index contributed by atoms with van der Waals surface area (Å²) in [5, 5.41) is 6.99. The highest BCUT2D eigenvalue weighted by atomic mass is 32.1. The zero-order valence-electron chi connectivity index (χ0n) is 16.4. The van der Waals surface area contributed by atoms with E-state index >= 15 is 0 Å². The minimum atomic E-state index is -0.443. The van der Waals surface area contributed by atoms with Gasteiger partial charge in [0.15, 0.2) is 6.61 Å². The highest BCUT2D eigenvalue weighted by Crippen LogP contribution is 2.34. The Labute approximate surface area is 168 Å². The zero-order chi connectivity index (χ0) is 20.5. The number of hydrogen-bond acceptors (Lipinski definition) is 7. The zero-order valence-corrected chi connectivity index (χ0v) is 17.2. The van der Waals surface area contributed by atoms with Crippen LogP contribution in [0.15, 0.2) is 29.4 Å². The van der Waals surface area contributed by atoms with Crippen molar-refractivity contribution in [1.82, 2.24) is 0 Å². The first kappa shape index (κ1) is 21.4. The van der Waals surface area contributed by atoms with Gasteiger partial charge in [0.1, 0.15) is 10.8 Å². The number of esters is 1. The lowest BCUT2D eigenvalue weighted by Gasteiger charge is -2.07. The van der Waals surface area contributed by atoms with Crippen molar-refractivity contribution in [2.75, 3.05) is 25.6 Å². The number of benzene rings is 1. The Morgan fingerprint density at radius 2 is 2.00 bits per heavy atom. The van der Waals surface area contributed by atoms with E-state index in [0.717, 1.165) is 22.4 Å². The van der Waals surface area contributed by atoms with Crippen molar-refractivity contribution in [2.45, 2.75) is 27.2 Å². The molecule has 2 aromatic rings. The Morgan fingerprint density at radius 3 is 2.68 bits per heavy atom. The lowest BCUT2D eigenvalue weighted by Crippen LogP contribution is -2.18. The summed E-state index contributed by atoms with van der Waals surface area (Å²) in [4.78, 5) is 30.5. The van der Waals surface area contributed by atoms with Crippen LogP contribution in [0, 0.1) is 6.92 Å². The van der Waals surface area contributed by atoms with Gasteiger partial charge < -0.3 is 19.6 Å². The third-order valence-corrected chi connectivity index (χ3v) is 5.25. The molecule has 0 fully saturated rings. The monoisotopic (exact) mass is 404 g/mol. The Hall–Kier alpha value is -2.87. The van der Waals surface area contributed by atoms with Crippen LogP contribution < -0.4 is 10.1 Å². The van der Waals surface area contributed by atoms with E-state index in [-0.39, 0.29) is 13.2 Å². The number of anilines is 1. The van der Waals surface area contributed by atoms with Crippen molar-refractivity contribution in [3.8, 4) is 5.75 Å². The highest BCUT2D eigenvalue weighted by molar-refractivity contribution is 7.17. The number of rotatable bonds is 9. The summed E-state index contributed by atoms with van der Waals surface area (Å²) < 4.78 is 10.3. The molecule has 0 atom stereocenters. The first-order valence-electron chi connectivity index (χ1n) is 8.89. The molecule has 0 aliphatic carbocycles. The Balaban J connectivity index is 2.01. The number of carbonyl (C=O) groups excluding carboxylic acids is 2. The fourth-order valence-electron chi connectivity index (χ4n) is 2.56. The topological polar surface area (TPSA) is 86.2 Å². The molecule has 1 heterocycles. The van der Waals surface area contributed by atoms with Crippen LogP contribution >= 0.6 is 11.3 Å². The number of nitrogens with zero attached hydrogens (tertiary/aromatic N) is 1. The summed E-state index contributed by atoms with van der Waals surface area (Å²) in [7, 11) is 1.57. The molecule has 8 heteroatoms. The maximum Gasteiger partial charge on any atom is 0.341 e. The molecule has 1 aromatic carbocycles. The predicted octanol–water partition coefficient (Wildman–Crippen LogP) is 3.79. The van der Waals surface area contributed by atoms with Gasteiger partial charge in [0.25, 0.3) is 5.91 Å². The van der Waals surface area contributed by atoms with Gasteiger partial charge in [0.2, 0.25) is 0 Å². The second kappa shape index (κ2) is 10.5. The quantitative estimate of drug-likeness (QED) is 0.390. The lowest BCUT2D eigenvalue weighted by atomic mass is 10.1. The van der Waals surface area contributed by atoms with Gasteiger partial charge in [-0.15, -0.1) is 11.3 Å². The van der Waals surface area contributed by atoms with Crippen molar-refractivity contribution in [2.24, 2.45) is 5.16 Å². The van der Waals surface area contributed by atoms with Crippen LogP contribution in [-0.2, 0) is 20.8 Å². The van der Waals surface area contributed by atoms with E-state index < -0.39 is 11.9 Å². The van der Waals surface area contributed by atoms with E-state index in [9.17, 15) is 9.59 Å². The molecule has 28 heavy (non-hydrogen) atoms. The molecule has 7 nitrogen and oxygen atoms in total. The number of aryl methyl sites for hydroxylation is 1. The lowest BCUT2D eigenvalue weighted by molar-refractivity contribution is -0.120. The summed E-state index contributed by atoms with van der Waals surface area (Å²) in [5.41, 5.74) is 1.96. The van der Waals surface area contributed by atoms with Crippen LogP contribution in [0.1, 0.15) is 40.2 Å². The molecule has 1 amide bonds. The molecule has 2 rings (SSSR count). The van der Waals surface area contributed by atoms with Gasteiger partial charge in [-0.3, -0.25) is 4.79 Å². The molecule has 0 aliphatic rings. The second-order valence-corrected chi connectivity index (χ2v) is 6.83. The average molecular weight is 404 g/mol. The number of oxime groups is 1. The molecule has 0 saturated carbocycles. The molecule has 0 spiro atoms. The number of methoxy groups -OCH3 is 1.